The number of ether oxygens (including phenoxy) is 1. The van der Waals surface area contributed by atoms with E-state index >= 15 is 0 Å². The van der Waals surface area contributed by atoms with Gasteiger partial charge in [-0.3, -0.25) is 4.99 Å². The summed E-state index contributed by atoms with van der Waals surface area (Å²) in [4.78, 5) is 8.73. The van der Waals surface area contributed by atoms with Crippen molar-refractivity contribution in [3.8, 4) is 5.75 Å². The highest BCUT2D eigenvalue weighted by Crippen LogP contribution is 2.37. The molecule has 5 nitrogen and oxygen atoms in total. The third-order valence-electron chi connectivity index (χ3n) is 5.51. The molecule has 0 aromatic heterocycles. The molecule has 154 valence electrons. The second-order valence-electron chi connectivity index (χ2n) is 7.40. The van der Waals surface area contributed by atoms with Gasteiger partial charge in [-0.1, -0.05) is 17.7 Å². The van der Waals surface area contributed by atoms with Gasteiger partial charge in [0.15, 0.2) is 5.82 Å². The Morgan fingerprint density at radius 2 is 2.03 bits per heavy atom. The Morgan fingerprint density at radius 1 is 1.21 bits per heavy atom. The van der Waals surface area contributed by atoms with Crippen molar-refractivity contribution in [1.29, 1.82) is 0 Å². The minimum absolute atomic E-state index is 0.101. The van der Waals surface area contributed by atoms with E-state index in [2.05, 4.69) is 21.3 Å². The lowest BCUT2D eigenvalue weighted by atomic mass is 10.0. The van der Waals surface area contributed by atoms with Crippen molar-refractivity contribution in [2.45, 2.75) is 19.4 Å². The van der Waals surface area contributed by atoms with E-state index in [9.17, 15) is 4.39 Å². The van der Waals surface area contributed by atoms with Gasteiger partial charge in [0.1, 0.15) is 12.4 Å². The molecule has 2 heterocycles. The lowest BCUT2D eigenvalue weighted by Gasteiger charge is -2.29. The van der Waals surface area contributed by atoms with E-state index in [0.29, 0.717) is 18.9 Å². The number of rotatable bonds is 7. The lowest BCUT2D eigenvalue weighted by molar-refractivity contribution is 0.335. The van der Waals surface area contributed by atoms with Gasteiger partial charge in [-0.25, -0.2) is 4.39 Å². The molecule has 0 radical (unpaired) electrons. The van der Waals surface area contributed by atoms with E-state index in [1.165, 1.54) is 25.9 Å². The molecular weight excluding hydrogens is 391 g/mol. The number of nitrogens with zero attached hydrogens (tertiary/aromatic N) is 3. The maximum Gasteiger partial charge on any atom is 0.165 e. The summed E-state index contributed by atoms with van der Waals surface area (Å²) in [5, 5.41) is 3.61. The maximum atomic E-state index is 14.6. The Hall–Kier alpha value is -2.15. The van der Waals surface area contributed by atoms with Crippen LogP contribution in [0.15, 0.2) is 35.3 Å². The molecule has 0 bridgehead atoms. The van der Waals surface area contributed by atoms with Crippen LogP contribution in [0.25, 0.3) is 0 Å². The van der Waals surface area contributed by atoms with Crippen molar-refractivity contribution in [2.24, 2.45) is 4.99 Å². The molecule has 2 aromatic carbocycles. The molecule has 29 heavy (non-hydrogen) atoms. The van der Waals surface area contributed by atoms with Crippen LogP contribution in [0.5, 0.6) is 5.75 Å². The number of fused-ring (bicyclic) bond motifs is 1. The van der Waals surface area contributed by atoms with Crippen LogP contribution in [0.3, 0.4) is 0 Å². The lowest BCUT2D eigenvalue weighted by Crippen LogP contribution is -2.30. The molecule has 1 N–H and O–H groups in total. The number of methoxy groups -OCH3 is 1. The normalized spacial score (nSPS) is 16.3. The zero-order chi connectivity index (χ0) is 20.2. The molecule has 4 rings (SSSR count). The fourth-order valence-corrected chi connectivity index (χ4v) is 4.14. The number of nitrogens with one attached hydrogen (secondary N) is 1. The molecule has 2 aliphatic heterocycles. The highest BCUT2D eigenvalue weighted by Gasteiger charge is 2.22. The zero-order valence-electron chi connectivity index (χ0n) is 16.6. The summed E-state index contributed by atoms with van der Waals surface area (Å²) in [5.41, 5.74) is 3.27. The SMILES string of the molecule is COc1cc2c(cc1CNCCN1CCCC1)C=NCN2c1cccc(Cl)c1F. The Balaban J connectivity index is 1.53. The van der Waals surface area contributed by atoms with Crippen molar-refractivity contribution in [2.75, 3.05) is 44.9 Å². The summed E-state index contributed by atoms with van der Waals surface area (Å²) in [6.45, 7) is 5.46. The van der Waals surface area contributed by atoms with Gasteiger partial charge >= 0.3 is 0 Å². The van der Waals surface area contributed by atoms with Gasteiger partial charge in [-0.15, -0.1) is 0 Å². The molecule has 2 aliphatic rings. The van der Waals surface area contributed by atoms with Crippen LogP contribution in [-0.4, -0.2) is 51.1 Å². The van der Waals surface area contributed by atoms with Crippen molar-refractivity contribution < 1.29 is 9.13 Å². The van der Waals surface area contributed by atoms with Crippen molar-refractivity contribution in [1.82, 2.24) is 10.2 Å². The van der Waals surface area contributed by atoms with Crippen LogP contribution in [0.1, 0.15) is 24.0 Å². The van der Waals surface area contributed by atoms with E-state index in [0.717, 1.165) is 35.7 Å². The summed E-state index contributed by atoms with van der Waals surface area (Å²) in [5.74, 6) is 0.337. The summed E-state index contributed by atoms with van der Waals surface area (Å²) < 4.78 is 20.2. The molecule has 0 aliphatic carbocycles. The average molecular weight is 417 g/mol. The van der Waals surface area contributed by atoms with Gasteiger partial charge in [0.25, 0.3) is 0 Å². The smallest absolute Gasteiger partial charge is 0.165 e. The Kier molecular flexibility index (Phi) is 6.33. The zero-order valence-corrected chi connectivity index (χ0v) is 17.4. The molecule has 0 spiro atoms. The number of anilines is 2. The number of hydrogen-bond acceptors (Lipinski definition) is 5. The third kappa shape index (κ3) is 4.39. The van der Waals surface area contributed by atoms with Gasteiger partial charge < -0.3 is 19.9 Å². The highest BCUT2D eigenvalue weighted by molar-refractivity contribution is 6.31. The fraction of sp³-hybridized carbons (Fsp3) is 0.409. The Morgan fingerprint density at radius 3 is 2.83 bits per heavy atom. The fourth-order valence-electron chi connectivity index (χ4n) is 3.97. The largest absolute Gasteiger partial charge is 0.496 e. The molecule has 7 heteroatoms. The standard InChI is InChI=1S/C22H26ClFN4O/c1-29-21-12-20-16(11-17(21)14-25-7-10-27-8-2-3-9-27)13-26-15-28(20)19-6-4-5-18(23)22(19)24/h4-6,11-13,25H,2-3,7-10,14-15H2,1H3. The minimum Gasteiger partial charge on any atom is -0.496 e. The van der Waals surface area contributed by atoms with E-state index in [1.807, 2.05) is 17.2 Å². The van der Waals surface area contributed by atoms with Crippen LogP contribution in [0.2, 0.25) is 5.02 Å². The van der Waals surface area contributed by atoms with Gasteiger partial charge in [-0.2, -0.15) is 0 Å². The number of halogens is 2. The number of likely N-dealkylation sites (tertiary alicyclic amines) is 1. The minimum atomic E-state index is -0.441. The molecule has 2 aromatic rings. The first-order valence-electron chi connectivity index (χ1n) is 10.0. The molecular formula is C22H26ClFN4O. The number of benzene rings is 2. The Labute approximate surface area is 176 Å². The molecule has 1 fully saturated rings. The highest BCUT2D eigenvalue weighted by atomic mass is 35.5. The van der Waals surface area contributed by atoms with Gasteiger partial charge in [0.05, 0.1) is 23.5 Å². The quantitative estimate of drug-likeness (QED) is 0.687. The van der Waals surface area contributed by atoms with Crippen molar-refractivity contribution >= 4 is 29.2 Å². The van der Waals surface area contributed by atoms with Gasteiger partial charge in [-0.05, 0) is 44.1 Å². The van der Waals surface area contributed by atoms with Gasteiger partial charge in [0, 0.05) is 43.0 Å². The van der Waals surface area contributed by atoms with Crippen LogP contribution in [-0.2, 0) is 6.54 Å². The summed E-state index contributed by atoms with van der Waals surface area (Å²) in [6, 6.07) is 9.03. The Bertz CT molecular complexity index is 899. The second-order valence-corrected chi connectivity index (χ2v) is 7.81. The first-order valence-corrected chi connectivity index (χ1v) is 10.4. The summed E-state index contributed by atoms with van der Waals surface area (Å²) in [7, 11) is 1.66. The number of aliphatic imine (C=N–C) groups is 1. The monoisotopic (exact) mass is 416 g/mol. The van der Waals surface area contributed by atoms with Gasteiger partial charge in [0.2, 0.25) is 0 Å². The molecule has 0 atom stereocenters. The van der Waals surface area contributed by atoms with E-state index in [4.69, 9.17) is 16.3 Å². The van der Waals surface area contributed by atoms with Crippen LogP contribution in [0.4, 0.5) is 15.8 Å². The molecule has 1 saturated heterocycles. The summed E-state index contributed by atoms with van der Waals surface area (Å²) >= 11 is 5.99. The van der Waals surface area contributed by atoms with Crippen molar-refractivity contribution in [3.63, 3.8) is 0 Å². The summed E-state index contributed by atoms with van der Waals surface area (Å²) in [6.07, 6.45) is 4.45. The predicted octanol–water partition coefficient (Wildman–Crippen LogP) is 4.20. The first-order chi connectivity index (χ1) is 14.2. The van der Waals surface area contributed by atoms with Crippen LogP contribution in [0, 0.1) is 5.82 Å². The van der Waals surface area contributed by atoms with Crippen LogP contribution >= 0.6 is 11.6 Å². The number of hydrogen-bond donors (Lipinski definition) is 1. The first kappa shape index (κ1) is 20.1. The maximum absolute atomic E-state index is 14.6. The van der Waals surface area contributed by atoms with Crippen molar-refractivity contribution in [3.05, 3.63) is 52.3 Å². The van der Waals surface area contributed by atoms with Crippen LogP contribution < -0.4 is 15.0 Å². The van der Waals surface area contributed by atoms with E-state index in [-0.39, 0.29) is 5.02 Å². The average Bonchev–Trinajstić information content (AvgIpc) is 3.26. The predicted molar refractivity (Wildman–Crippen MR) is 116 cm³/mol. The van der Waals surface area contributed by atoms with E-state index in [1.54, 1.807) is 25.3 Å². The molecule has 0 amide bonds. The molecule has 0 unspecified atom stereocenters. The van der Waals surface area contributed by atoms with E-state index < -0.39 is 5.82 Å². The third-order valence-corrected chi connectivity index (χ3v) is 5.81. The topological polar surface area (TPSA) is 40.1 Å². The molecule has 0 saturated carbocycles. The second kappa shape index (κ2) is 9.11.